The van der Waals surface area contributed by atoms with Gasteiger partial charge < -0.3 is 9.84 Å². The lowest BCUT2D eigenvalue weighted by Crippen LogP contribution is -2.29. The number of carbonyl (C=O) groups is 3. The Morgan fingerprint density at radius 3 is 2.21 bits per heavy atom. The van der Waals surface area contributed by atoms with Gasteiger partial charge in [-0.3, -0.25) is 14.5 Å². The van der Waals surface area contributed by atoms with Crippen LogP contribution in [0.1, 0.15) is 50.6 Å². The topological polar surface area (TPSA) is 96.8 Å². The van der Waals surface area contributed by atoms with E-state index in [9.17, 15) is 19.5 Å². The highest BCUT2D eigenvalue weighted by atomic mass is 32.1. The highest BCUT2D eigenvalue weighted by Crippen LogP contribution is 2.44. The van der Waals surface area contributed by atoms with Crippen LogP contribution in [-0.2, 0) is 14.3 Å². The number of aliphatic hydroxyl groups excluding tert-OH is 1. The predicted octanol–water partition coefficient (Wildman–Crippen LogP) is 4.87. The molecule has 1 fully saturated rings. The number of ketones is 1. The summed E-state index contributed by atoms with van der Waals surface area (Å²) in [5, 5.41) is 11.3. The molecule has 1 amide bonds. The van der Waals surface area contributed by atoms with Gasteiger partial charge in [-0.05, 0) is 33.3 Å². The molecular weight excluding hydrogens is 452 g/mol. The Kier molecular flexibility index (Phi) is 6.34. The maximum absolute atomic E-state index is 13.3. The van der Waals surface area contributed by atoms with Crippen LogP contribution in [0.5, 0.6) is 0 Å². The number of hydrogen-bond donors (Lipinski definition) is 1. The van der Waals surface area contributed by atoms with E-state index in [1.165, 1.54) is 4.90 Å². The summed E-state index contributed by atoms with van der Waals surface area (Å²) in [5.74, 6) is -2.42. The van der Waals surface area contributed by atoms with Gasteiger partial charge in [-0.2, -0.15) is 0 Å². The number of rotatable bonds is 5. The second-order valence-corrected chi connectivity index (χ2v) is 9.05. The molecule has 0 saturated carbocycles. The zero-order valence-electron chi connectivity index (χ0n) is 19.3. The molecule has 7 nitrogen and oxygen atoms in total. The number of aromatic nitrogens is 1. The quantitative estimate of drug-likeness (QED) is 0.244. The molecular formula is C26H24N2O5S. The smallest absolute Gasteiger partial charge is 0.350 e. The first-order valence-corrected chi connectivity index (χ1v) is 11.6. The Hall–Kier alpha value is -3.78. The van der Waals surface area contributed by atoms with Crippen LogP contribution in [0.2, 0.25) is 0 Å². The molecule has 34 heavy (non-hydrogen) atoms. The first-order valence-electron chi connectivity index (χ1n) is 10.8. The Bertz CT molecular complexity index is 1310. The summed E-state index contributed by atoms with van der Waals surface area (Å²) < 4.78 is 5.10. The number of ether oxygens (including phenoxy) is 1. The first kappa shape index (κ1) is 23.4. The molecule has 4 rings (SSSR count). The van der Waals surface area contributed by atoms with Crippen LogP contribution in [0.4, 0.5) is 5.13 Å². The minimum atomic E-state index is -0.900. The third-order valence-corrected chi connectivity index (χ3v) is 6.75. The number of benzene rings is 2. The highest BCUT2D eigenvalue weighted by molar-refractivity contribution is 7.17. The van der Waals surface area contributed by atoms with Gasteiger partial charge in [-0.15, -0.1) is 0 Å². The number of thiazole rings is 1. The number of anilines is 1. The van der Waals surface area contributed by atoms with Crippen molar-refractivity contribution < 1.29 is 24.2 Å². The molecule has 8 heteroatoms. The fourth-order valence-corrected chi connectivity index (χ4v) is 4.82. The molecule has 1 N–H and O–H groups in total. The number of amides is 1. The molecule has 1 saturated heterocycles. The standard InChI is InChI=1S/C26H24N2O5S/c1-5-33-25(32)23-16(4)27-26(34-23)28-20(17-10-6-14(2)7-11-17)19(22(30)24(28)31)21(29)18-12-8-15(3)9-13-18/h6-13,20,29H,5H2,1-4H3/t20-/m1/s1. The molecule has 3 aromatic rings. The summed E-state index contributed by atoms with van der Waals surface area (Å²) in [6, 6.07) is 13.5. The lowest BCUT2D eigenvalue weighted by Gasteiger charge is -2.23. The van der Waals surface area contributed by atoms with Crippen molar-refractivity contribution in [2.24, 2.45) is 0 Å². The summed E-state index contributed by atoms with van der Waals surface area (Å²) in [6.07, 6.45) is 0. The van der Waals surface area contributed by atoms with Crippen LogP contribution in [0.15, 0.2) is 54.1 Å². The van der Waals surface area contributed by atoms with Crippen molar-refractivity contribution in [3.05, 3.63) is 86.9 Å². The summed E-state index contributed by atoms with van der Waals surface area (Å²) in [4.78, 5) is 44.8. The van der Waals surface area contributed by atoms with E-state index >= 15 is 0 Å². The number of nitrogens with zero attached hydrogens (tertiary/aromatic N) is 2. The number of carbonyl (C=O) groups excluding carboxylic acids is 3. The average molecular weight is 477 g/mol. The van der Waals surface area contributed by atoms with Crippen molar-refractivity contribution in [3.8, 4) is 0 Å². The molecule has 2 heterocycles. The van der Waals surface area contributed by atoms with Gasteiger partial charge in [0.05, 0.1) is 23.9 Å². The molecule has 2 aromatic carbocycles. The Balaban J connectivity index is 1.90. The van der Waals surface area contributed by atoms with Crippen molar-refractivity contribution in [1.29, 1.82) is 0 Å². The van der Waals surface area contributed by atoms with Gasteiger partial charge in [0, 0.05) is 5.56 Å². The van der Waals surface area contributed by atoms with E-state index in [-0.39, 0.29) is 27.9 Å². The summed E-state index contributed by atoms with van der Waals surface area (Å²) >= 11 is 0.987. The van der Waals surface area contributed by atoms with Crippen LogP contribution in [0.3, 0.4) is 0 Å². The maximum atomic E-state index is 13.3. The van der Waals surface area contributed by atoms with E-state index in [0.717, 1.165) is 22.5 Å². The second kappa shape index (κ2) is 9.23. The summed E-state index contributed by atoms with van der Waals surface area (Å²) in [6.45, 7) is 7.41. The fourth-order valence-electron chi connectivity index (χ4n) is 3.83. The van der Waals surface area contributed by atoms with Crippen LogP contribution < -0.4 is 4.90 Å². The largest absolute Gasteiger partial charge is 0.507 e. The lowest BCUT2D eigenvalue weighted by atomic mass is 9.94. The maximum Gasteiger partial charge on any atom is 0.350 e. The number of esters is 1. The Morgan fingerprint density at radius 2 is 1.62 bits per heavy atom. The molecule has 0 aliphatic carbocycles. The molecule has 0 spiro atoms. The number of aryl methyl sites for hydroxylation is 3. The van der Waals surface area contributed by atoms with E-state index in [4.69, 9.17) is 4.74 Å². The zero-order chi connectivity index (χ0) is 24.6. The van der Waals surface area contributed by atoms with Gasteiger partial charge in [0.1, 0.15) is 10.6 Å². The van der Waals surface area contributed by atoms with Gasteiger partial charge in [0.2, 0.25) is 0 Å². The molecule has 0 unspecified atom stereocenters. The summed E-state index contributed by atoms with van der Waals surface area (Å²) in [5.41, 5.74) is 3.46. The van der Waals surface area contributed by atoms with E-state index in [1.54, 1.807) is 26.0 Å². The molecule has 1 aromatic heterocycles. The first-order chi connectivity index (χ1) is 16.2. The molecule has 1 aliphatic rings. The Labute approximate surface area is 201 Å². The van der Waals surface area contributed by atoms with Gasteiger partial charge in [-0.25, -0.2) is 9.78 Å². The van der Waals surface area contributed by atoms with Crippen LogP contribution in [0, 0.1) is 20.8 Å². The number of hydrogen-bond acceptors (Lipinski definition) is 7. The highest BCUT2D eigenvalue weighted by Gasteiger charge is 2.48. The zero-order valence-corrected chi connectivity index (χ0v) is 20.1. The number of aliphatic hydroxyl groups is 1. The predicted molar refractivity (Wildman–Crippen MR) is 130 cm³/mol. The summed E-state index contributed by atoms with van der Waals surface area (Å²) in [7, 11) is 0. The van der Waals surface area contributed by atoms with Crippen molar-refractivity contribution >= 4 is 39.9 Å². The normalized spacial score (nSPS) is 17.3. The van der Waals surface area contributed by atoms with Crippen molar-refractivity contribution in [1.82, 2.24) is 4.98 Å². The SMILES string of the molecule is CCOC(=O)c1sc(N2C(=O)C(=O)C(=C(O)c3ccc(C)cc3)[C@H]2c2ccc(C)cc2)nc1C. The molecule has 0 radical (unpaired) electrons. The lowest BCUT2D eigenvalue weighted by molar-refractivity contribution is -0.132. The minimum Gasteiger partial charge on any atom is -0.507 e. The third-order valence-electron chi connectivity index (χ3n) is 5.61. The average Bonchev–Trinajstić information content (AvgIpc) is 3.31. The van der Waals surface area contributed by atoms with Crippen LogP contribution in [0.25, 0.3) is 5.76 Å². The minimum absolute atomic E-state index is 0.0248. The van der Waals surface area contributed by atoms with E-state index in [0.29, 0.717) is 16.8 Å². The van der Waals surface area contributed by atoms with Crippen LogP contribution >= 0.6 is 11.3 Å². The van der Waals surface area contributed by atoms with Crippen molar-refractivity contribution in [2.75, 3.05) is 11.5 Å². The van der Waals surface area contributed by atoms with Gasteiger partial charge in [-0.1, -0.05) is 71.0 Å². The molecule has 0 bridgehead atoms. The van der Waals surface area contributed by atoms with Crippen molar-refractivity contribution in [2.45, 2.75) is 33.7 Å². The van der Waals surface area contributed by atoms with E-state index < -0.39 is 23.7 Å². The monoisotopic (exact) mass is 476 g/mol. The third kappa shape index (κ3) is 4.12. The molecule has 174 valence electrons. The number of Topliss-reactive ketones (excluding diaryl/α,β-unsaturated/α-hetero) is 1. The fraction of sp³-hybridized carbons (Fsp3) is 0.231. The Morgan fingerprint density at radius 1 is 1.03 bits per heavy atom. The van der Waals surface area contributed by atoms with Crippen molar-refractivity contribution in [3.63, 3.8) is 0 Å². The molecule has 1 atom stereocenters. The van der Waals surface area contributed by atoms with E-state index in [1.807, 2.05) is 50.2 Å². The molecule has 1 aliphatic heterocycles. The van der Waals surface area contributed by atoms with Gasteiger partial charge >= 0.3 is 11.9 Å². The van der Waals surface area contributed by atoms with Gasteiger partial charge in [0.25, 0.3) is 5.78 Å². The second-order valence-electron chi connectivity index (χ2n) is 8.08. The van der Waals surface area contributed by atoms with Gasteiger partial charge in [0.15, 0.2) is 5.13 Å². The van der Waals surface area contributed by atoms with E-state index in [2.05, 4.69) is 4.98 Å². The van der Waals surface area contributed by atoms with Crippen LogP contribution in [-0.4, -0.2) is 34.4 Å².